The van der Waals surface area contributed by atoms with Gasteiger partial charge in [-0.15, -0.1) is 0 Å². The van der Waals surface area contributed by atoms with Crippen LogP contribution in [-0.2, 0) is 18.2 Å². The van der Waals surface area contributed by atoms with Crippen molar-refractivity contribution < 1.29 is 18.2 Å². The molecule has 0 saturated heterocycles. The number of benzene rings is 9. The Morgan fingerprint density at radius 1 is 0.343 bits per heavy atom. The van der Waals surface area contributed by atoms with Crippen LogP contribution in [0.1, 0.15) is 117 Å². The normalized spacial score (nSPS) is 12.0. The van der Waals surface area contributed by atoms with E-state index in [1.807, 2.05) is 0 Å². The molecule has 70 heavy (non-hydrogen) atoms. The zero-order valence-electron chi connectivity index (χ0n) is 40.9. The van der Waals surface area contributed by atoms with E-state index in [9.17, 15) is 0 Å². The summed E-state index contributed by atoms with van der Waals surface area (Å²) in [6.07, 6.45) is 0. The Morgan fingerprint density at radius 3 is 0.786 bits per heavy atom. The fourth-order valence-electron chi connectivity index (χ4n) is 9.87. The zero-order valence-corrected chi connectivity index (χ0v) is 43.2. The topological polar surface area (TPSA) is 24.7 Å². The van der Waals surface area contributed by atoms with Gasteiger partial charge < -0.3 is 7.43 Å². The number of hydrogen-bond acceptors (Lipinski definition) is 2. The van der Waals surface area contributed by atoms with Gasteiger partial charge in [-0.1, -0.05) is 255 Å². The molecular formula is C66H61ClN2Pd. The van der Waals surface area contributed by atoms with Crippen LogP contribution in [0.25, 0.3) is 0 Å². The Balaban J connectivity index is 0.00000238. The molecule has 0 aromatic heterocycles. The van der Waals surface area contributed by atoms with Gasteiger partial charge in [0.05, 0.1) is 22.8 Å². The second-order valence-corrected chi connectivity index (χ2v) is 17.9. The molecule has 0 spiro atoms. The molecule has 2 nitrogen and oxygen atoms in total. The number of aliphatic imine (C=N–C) groups is 2. The number of nitrogens with zero attached hydrogens (tertiary/aromatic N) is 2. The van der Waals surface area contributed by atoms with Gasteiger partial charge in [0.1, 0.15) is 0 Å². The molecule has 1 unspecified atom stereocenters. The van der Waals surface area contributed by atoms with Crippen LogP contribution in [0.5, 0.6) is 0 Å². The van der Waals surface area contributed by atoms with E-state index in [2.05, 4.69) is 299 Å². The Bertz CT molecular complexity index is 2880. The van der Waals surface area contributed by atoms with E-state index in [1.54, 1.807) is 0 Å². The standard InChI is InChI=1S/C65H58N2.CH3.ClH.Pd/c1-45-41-57(47(3)50-27-13-6-14-28-50)64(58(42-45)61(51-29-15-7-16-30-51)52-31-17-8-18-32-52)66-48(4)49(5)67-65-59(62(53-33-19-9-20-34-53)54-35-21-10-22-36-54)43-46(2)44-60(65)63(55-37-23-11-24-38-55)56-39-25-12-26-40-56;;;/h6-44,47,61-63H,1-5H3;1H3;1H;/q;-1;;+2/p-1. The summed E-state index contributed by atoms with van der Waals surface area (Å²) in [5.74, 6) is -0.104. The van der Waals surface area contributed by atoms with Crippen LogP contribution in [0.2, 0.25) is 0 Å². The summed E-state index contributed by atoms with van der Waals surface area (Å²) in [6.45, 7) is 11.0. The predicted octanol–water partition coefficient (Wildman–Crippen LogP) is 18.0. The van der Waals surface area contributed by atoms with E-state index in [0.717, 1.165) is 22.8 Å². The predicted molar refractivity (Wildman–Crippen MR) is 296 cm³/mol. The van der Waals surface area contributed by atoms with Crippen molar-refractivity contribution in [3.05, 3.63) is 316 Å². The maximum atomic E-state index is 5.87. The number of aryl methyl sites for hydroxylation is 2. The first-order valence-electron chi connectivity index (χ1n) is 23.7. The van der Waals surface area contributed by atoms with Crippen LogP contribution in [-0.4, -0.2) is 11.4 Å². The molecule has 0 heterocycles. The molecule has 0 amide bonds. The molecule has 1 atom stereocenters. The van der Waals surface area contributed by atoms with E-state index < -0.39 is 0 Å². The van der Waals surface area contributed by atoms with Crippen LogP contribution >= 0.6 is 9.53 Å². The van der Waals surface area contributed by atoms with Crippen molar-refractivity contribution in [2.24, 2.45) is 9.98 Å². The SMILES string of the molecule is CC(=Nc1c(C(C)c2ccccc2)cc(C)cc1C(c1ccccc1)c1ccccc1)C(C)=Nc1c(C(c2ccccc2)c2ccccc2)cc(C)cc1C(c1ccccc1)c1ccccc1.[CH3-].[Cl][Pd+]. The van der Waals surface area contributed by atoms with E-state index in [1.165, 1.54) is 72.3 Å². The molecule has 0 N–H and O–H groups in total. The van der Waals surface area contributed by atoms with E-state index in [0.29, 0.717) is 0 Å². The minimum absolute atomic E-state index is 0. The molecule has 352 valence electrons. The van der Waals surface area contributed by atoms with Crippen LogP contribution < -0.4 is 0 Å². The van der Waals surface area contributed by atoms with Gasteiger partial charge in [0.15, 0.2) is 0 Å². The van der Waals surface area contributed by atoms with Gasteiger partial charge in [0.2, 0.25) is 0 Å². The molecule has 9 aromatic carbocycles. The van der Waals surface area contributed by atoms with Gasteiger partial charge >= 0.3 is 27.7 Å². The summed E-state index contributed by atoms with van der Waals surface area (Å²) in [5.41, 5.74) is 19.4. The van der Waals surface area contributed by atoms with Crippen molar-refractivity contribution in [3.8, 4) is 0 Å². The molecule has 0 aliphatic heterocycles. The van der Waals surface area contributed by atoms with Crippen LogP contribution in [0.3, 0.4) is 0 Å². The van der Waals surface area contributed by atoms with Gasteiger partial charge in [-0.05, 0) is 88.9 Å². The molecule has 9 rings (SSSR count). The number of halogens is 1. The average molecular weight is 1020 g/mol. The van der Waals surface area contributed by atoms with Gasteiger partial charge in [-0.2, -0.15) is 0 Å². The fourth-order valence-corrected chi connectivity index (χ4v) is 9.87. The fraction of sp³-hybridized carbons (Fsp3) is 0.136. The average Bonchev–Trinajstić information content (AvgIpc) is 3.40. The van der Waals surface area contributed by atoms with E-state index >= 15 is 0 Å². The molecule has 0 radical (unpaired) electrons. The third-order valence-corrected chi connectivity index (χ3v) is 13.2. The first-order valence-corrected chi connectivity index (χ1v) is 25.7. The molecule has 9 aromatic rings. The minimum atomic E-state index is -0.0726. The molecule has 0 aliphatic rings. The van der Waals surface area contributed by atoms with E-state index in [4.69, 9.17) is 9.98 Å². The van der Waals surface area contributed by atoms with E-state index in [-0.39, 0.29) is 31.1 Å². The summed E-state index contributed by atoms with van der Waals surface area (Å²) in [4.78, 5) is 11.7. The van der Waals surface area contributed by atoms with Crippen LogP contribution in [0.15, 0.2) is 247 Å². The van der Waals surface area contributed by atoms with Crippen molar-refractivity contribution >= 4 is 32.3 Å². The molecule has 0 bridgehead atoms. The molecule has 0 saturated carbocycles. The van der Waals surface area contributed by atoms with Gasteiger partial charge in [0, 0.05) is 23.7 Å². The van der Waals surface area contributed by atoms with Crippen molar-refractivity contribution in [2.45, 2.75) is 58.3 Å². The number of rotatable bonds is 14. The Hall–Kier alpha value is -6.73. The van der Waals surface area contributed by atoms with Crippen molar-refractivity contribution in [3.63, 3.8) is 0 Å². The quantitative estimate of drug-likeness (QED) is 0.0449. The molecule has 4 heteroatoms. The number of hydrogen-bond donors (Lipinski definition) is 0. The summed E-state index contributed by atoms with van der Waals surface area (Å²) >= 11 is 2.22. The Morgan fingerprint density at radius 2 is 0.543 bits per heavy atom. The summed E-state index contributed by atoms with van der Waals surface area (Å²) in [6, 6.07) is 85.6. The van der Waals surface area contributed by atoms with Crippen molar-refractivity contribution in [1.82, 2.24) is 0 Å². The first kappa shape index (κ1) is 51.1. The Kier molecular flexibility index (Phi) is 18.0. The van der Waals surface area contributed by atoms with Gasteiger partial charge in [-0.3, -0.25) is 9.98 Å². The monoisotopic (exact) mass is 1020 g/mol. The first-order chi connectivity index (χ1) is 33.8. The molecule has 0 fully saturated rings. The van der Waals surface area contributed by atoms with Gasteiger partial charge in [-0.25, -0.2) is 0 Å². The van der Waals surface area contributed by atoms with Crippen molar-refractivity contribution in [1.29, 1.82) is 0 Å². The van der Waals surface area contributed by atoms with Crippen molar-refractivity contribution in [2.75, 3.05) is 0 Å². The molecular weight excluding hydrogens is 963 g/mol. The van der Waals surface area contributed by atoms with Crippen LogP contribution in [0.4, 0.5) is 11.4 Å². The van der Waals surface area contributed by atoms with Crippen LogP contribution in [0, 0.1) is 21.3 Å². The summed E-state index contributed by atoms with van der Waals surface area (Å²) in [5, 5.41) is 0. The maximum absolute atomic E-state index is 5.87. The summed E-state index contributed by atoms with van der Waals surface area (Å²) in [7, 11) is 4.49. The third-order valence-electron chi connectivity index (χ3n) is 13.2. The second-order valence-electron chi connectivity index (χ2n) is 17.9. The Labute approximate surface area is 432 Å². The van der Waals surface area contributed by atoms with Gasteiger partial charge in [0.25, 0.3) is 0 Å². The third kappa shape index (κ3) is 11.8. The second kappa shape index (κ2) is 24.7. The zero-order chi connectivity index (χ0) is 48.1. The summed E-state index contributed by atoms with van der Waals surface area (Å²) < 4.78 is 0. The molecule has 0 aliphatic carbocycles.